The lowest BCUT2D eigenvalue weighted by Crippen LogP contribution is -2.27. The Labute approximate surface area is 264 Å². The van der Waals surface area contributed by atoms with Gasteiger partial charge in [-0.2, -0.15) is 0 Å². The number of rotatable bonds is 13. The third kappa shape index (κ3) is 8.93. The van der Waals surface area contributed by atoms with Gasteiger partial charge in [0.25, 0.3) is 0 Å². The number of nitrogens with one attached hydrogen (secondary N) is 1. The van der Waals surface area contributed by atoms with Crippen LogP contribution in [0, 0.1) is 0 Å². The SMILES string of the molecule is O=C(Nc1ccc(OCc2cnc(-c3ccc(OCc4cccc(Cl)c4)cc3)nc2)cc1C(=O)O)OCCCN1CCCC1=O. The van der Waals surface area contributed by atoms with E-state index in [1.807, 2.05) is 48.5 Å². The highest BCUT2D eigenvalue weighted by atomic mass is 35.5. The highest BCUT2D eigenvalue weighted by Gasteiger charge is 2.20. The van der Waals surface area contributed by atoms with Gasteiger partial charge in [0.2, 0.25) is 5.91 Å². The topological polar surface area (TPSA) is 140 Å². The van der Waals surface area contributed by atoms with Gasteiger partial charge in [-0.3, -0.25) is 10.1 Å². The zero-order chi connectivity index (χ0) is 31.6. The molecular formula is C33H31ClN4O7. The zero-order valence-corrected chi connectivity index (χ0v) is 25.0. The molecule has 2 amide bonds. The number of carbonyl (C=O) groups is 3. The van der Waals surface area contributed by atoms with Crippen molar-refractivity contribution in [2.75, 3.05) is 25.0 Å². The van der Waals surface area contributed by atoms with Gasteiger partial charge in [0, 0.05) is 48.1 Å². The molecule has 232 valence electrons. The van der Waals surface area contributed by atoms with E-state index in [2.05, 4.69) is 15.3 Å². The van der Waals surface area contributed by atoms with Gasteiger partial charge >= 0.3 is 12.1 Å². The van der Waals surface area contributed by atoms with E-state index in [4.69, 9.17) is 25.8 Å². The molecule has 45 heavy (non-hydrogen) atoms. The Morgan fingerprint density at radius 3 is 2.38 bits per heavy atom. The lowest BCUT2D eigenvalue weighted by atomic mass is 10.1. The number of carbonyl (C=O) groups excluding carboxylic acids is 2. The Balaban J connectivity index is 1.10. The maximum Gasteiger partial charge on any atom is 0.411 e. The molecule has 1 saturated heterocycles. The molecule has 12 heteroatoms. The second-order valence-electron chi connectivity index (χ2n) is 10.3. The molecule has 4 aromatic rings. The third-order valence-corrected chi connectivity index (χ3v) is 7.19. The van der Waals surface area contributed by atoms with E-state index in [0.29, 0.717) is 53.9 Å². The Bertz CT molecular complexity index is 1650. The van der Waals surface area contributed by atoms with Crippen molar-refractivity contribution in [2.24, 2.45) is 0 Å². The second-order valence-corrected chi connectivity index (χ2v) is 10.7. The number of amides is 2. The third-order valence-electron chi connectivity index (χ3n) is 6.95. The van der Waals surface area contributed by atoms with E-state index >= 15 is 0 Å². The molecule has 1 fully saturated rings. The van der Waals surface area contributed by atoms with Gasteiger partial charge in [-0.25, -0.2) is 19.6 Å². The normalized spacial score (nSPS) is 12.6. The van der Waals surface area contributed by atoms with Crippen LogP contribution in [-0.4, -0.2) is 57.6 Å². The maximum absolute atomic E-state index is 12.2. The first-order chi connectivity index (χ1) is 21.8. The smallest absolute Gasteiger partial charge is 0.411 e. The predicted octanol–water partition coefficient (Wildman–Crippen LogP) is 6.21. The number of anilines is 1. The van der Waals surface area contributed by atoms with Crippen LogP contribution in [0.15, 0.2) is 79.1 Å². The van der Waals surface area contributed by atoms with Gasteiger partial charge in [-0.05, 0) is 73.0 Å². The van der Waals surface area contributed by atoms with Crippen LogP contribution in [0.4, 0.5) is 10.5 Å². The number of ether oxygens (including phenoxy) is 3. The Hall–Kier alpha value is -5.16. The van der Waals surface area contributed by atoms with Crippen molar-refractivity contribution in [3.8, 4) is 22.9 Å². The molecule has 0 aliphatic carbocycles. The molecule has 0 spiro atoms. The van der Waals surface area contributed by atoms with Crippen molar-refractivity contribution in [3.05, 3.63) is 101 Å². The van der Waals surface area contributed by atoms with Gasteiger partial charge in [-0.1, -0.05) is 23.7 Å². The lowest BCUT2D eigenvalue weighted by Gasteiger charge is -2.15. The van der Waals surface area contributed by atoms with Crippen LogP contribution in [0.2, 0.25) is 5.02 Å². The minimum Gasteiger partial charge on any atom is -0.489 e. The summed E-state index contributed by atoms with van der Waals surface area (Å²) < 4.78 is 16.7. The number of hydrogen-bond donors (Lipinski definition) is 2. The summed E-state index contributed by atoms with van der Waals surface area (Å²) in [6, 6.07) is 19.2. The standard InChI is InChI=1S/C33H31ClN4O7/c34-25-5-1-4-22(16-25)20-44-26-9-7-24(8-10-26)31-35-18-23(19-36-31)21-45-27-11-12-29(28(17-27)32(40)41)37-33(42)43-15-3-14-38-13-2-6-30(38)39/h1,4-5,7-12,16-19H,2-3,6,13-15,20-21H2,(H,37,42)(H,40,41). The number of halogens is 1. The fourth-order valence-corrected chi connectivity index (χ4v) is 4.86. The highest BCUT2D eigenvalue weighted by molar-refractivity contribution is 6.30. The number of aromatic nitrogens is 2. The van der Waals surface area contributed by atoms with Gasteiger partial charge in [0.1, 0.15) is 24.7 Å². The number of likely N-dealkylation sites (tertiary alicyclic amines) is 1. The van der Waals surface area contributed by atoms with Crippen molar-refractivity contribution in [1.82, 2.24) is 14.9 Å². The number of carboxylic acid groups (broad SMARTS) is 1. The molecule has 0 radical (unpaired) electrons. The zero-order valence-electron chi connectivity index (χ0n) is 24.3. The summed E-state index contributed by atoms with van der Waals surface area (Å²) in [5.41, 5.74) is 2.38. The van der Waals surface area contributed by atoms with Gasteiger partial charge < -0.3 is 24.2 Å². The van der Waals surface area contributed by atoms with Gasteiger partial charge in [-0.15, -0.1) is 0 Å². The molecule has 2 heterocycles. The Morgan fingerprint density at radius 2 is 1.67 bits per heavy atom. The fraction of sp³-hybridized carbons (Fsp3) is 0.242. The first-order valence-corrected chi connectivity index (χ1v) is 14.7. The quantitative estimate of drug-likeness (QED) is 0.165. The van der Waals surface area contributed by atoms with Crippen molar-refractivity contribution in [3.63, 3.8) is 0 Å². The molecule has 0 bridgehead atoms. The summed E-state index contributed by atoms with van der Waals surface area (Å²) >= 11 is 6.03. The van der Waals surface area contributed by atoms with Crippen LogP contribution in [0.25, 0.3) is 11.4 Å². The molecule has 0 atom stereocenters. The fourth-order valence-electron chi connectivity index (χ4n) is 4.64. The maximum atomic E-state index is 12.2. The van der Waals surface area contributed by atoms with Crippen LogP contribution >= 0.6 is 11.6 Å². The minimum atomic E-state index is -1.24. The summed E-state index contributed by atoms with van der Waals surface area (Å²) in [6.07, 6.45) is 4.38. The number of carboxylic acids is 1. The molecule has 3 aromatic carbocycles. The minimum absolute atomic E-state index is 0.0724. The van der Waals surface area contributed by atoms with Crippen molar-refractivity contribution < 1.29 is 33.7 Å². The highest BCUT2D eigenvalue weighted by Crippen LogP contribution is 2.24. The van der Waals surface area contributed by atoms with Crippen LogP contribution in [0.3, 0.4) is 0 Å². The second kappa shape index (κ2) is 15.0. The van der Waals surface area contributed by atoms with Crippen LogP contribution in [-0.2, 0) is 22.7 Å². The molecule has 1 aliphatic rings. The van der Waals surface area contributed by atoms with Gasteiger partial charge in [0.05, 0.1) is 17.9 Å². The van der Waals surface area contributed by atoms with Crippen molar-refractivity contribution >= 4 is 35.3 Å². The number of benzene rings is 3. The summed E-state index contributed by atoms with van der Waals surface area (Å²) in [6.45, 7) is 1.84. The largest absolute Gasteiger partial charge is 0.489 e. The molecule has 0 unspecified atom stereocenters. The summed E-state index contributed by atoms with van der Waals surface area (Å²) in [7, 11) is 0. The van der Waals surface area contributed by atoms with Crippen molar-refractivity contribution in [2.45, 2.75) is 32.5 Å². The van der Waals surface area contributed by atoms with Crippen molar-refractivity contribution in [1.29, 1.82) is 0 Å². The lowest BCUT2D eigenvalue weighted by molar-refractivity contribution is -0.127. The van der Waals surface area contributed by atoms with E-state index < -0.39 is 12.1 Å². The summed E-state index contributed by atoms with van der Waals surface area (Å²) in [4.78, 5) is 46.3. The van der Waals surface area contributed by atoms with E-state index in [-0.39, 0.29) is 30.4 Å². The molecule has 2 N–H and O–H groups in total. The number of nitrogens with zero attached hydrogens (tertiary/aromatic N) is 3. The Kier molecular flexibility index (Phi) is 10.4. The summed E-state index contributed by atoms with van der Waals surface area (Å²) in [5.74, 6) is 0.391. The molecule has 11 nitrogen and oxygen atoms in total. The first-order valence-electron chi connectivity index (χ1n) is 14.3. The summed E-state index contributed by atoms with van der Waals surface area (Å²) in [5, 5.41) is 12.8. The van der Waals surface area contributed by atoms with E-state index in [9.17, 15) is 19.5 Å². The average Bonchev–Trinajstić information content (AvgIpc) is 3.46. The molecular weight excluding hydrogens is 600 g/mol. The monoisotopic (exact) mass is 630 g/mol. The van der Waals surface area contributed by atoms with Crippen LogP contribution < -0.4 is 14.8 Å². The van der Waals surface area contributed by atoms with E-state index in [1.165, 1.54) is 12.1 Å². The molecule has 1 aliphatic heterocycles. The molecule has 5 rings (SSSR count). The van der Waals surface area contributed by atoms with Crippen LogP contribution in [0.5, 0.6) is 11.5 Å². The molecule has 0 saturated carbocycles. The average molecular weight is 631 g/mol. The molecule has 1 aromatic heterocycles. The number of hydrogen-bond acceptors (Lipinski definition) is 8. The van der Waals surface area contributed by atoms with E-state index in [0.717, 1.165) is 24.1 Å². The van der Waals surface area contributed by atoms with E-state index in [1.54, 1.807) is 23.4 Å². The van der Waals surface area contributed by atoms with Gasteiger partial charge in [0.15, 0.2) is 5.82 Å². The Morgan fingerprint density at radius 1 is 0.933 bits per heavy atom. The first kappa shape index (κ1) is 31.3. The predicted molar refractivity (Wildman–Crippen MR) is 166 cm³/mol. The van der Waals surface area contributed by atoms with Crippen LogP contribution in [0.1, 0.15) is 40.7 Å². The number of aromatic carboxylic acids is 1.